The second kappa shape index (κ2) is 9.97. The van der Waals surface area contributed by atoms with Crippen molar-refractivity contribution in [2.75, 3.05) is 26.0 Å². The van der Waals surface area contributed by atoms with Crippen LogP contribution in [0, 0.1) is 6.92 Å². The van der Waals surface area contributed by atoms with Crippen LogP contribution < -0.4 is 10.1 Å². The van der Waals surface area contributed by atoms with Crippen LogP contribution in [0.15, 0.2) is 60.8 Å². The maximum absolute atomic E-state index is 13.5. The second-order valence-corrected chi connectivity index (χ2v) is 8.73. The lowest BCUT2D eigenvalue weighted by Crippen LogP contribution is -2.35. The van der Waals surface area contributed by atoms with Gasteiger partial charge in [0.15, 0.2) is 5.65 Å². The molecule has 0 saturated heterocycles. The van der Waals surface area contributed by atoms with Gasteiger partial charge in [-0.1, -0.05) is 24.3 Å². The zero-order valence-corrected chi connectivity index (χ0v) is 20.6. The number of likely N-dealkylation sites (N-methyl/N-ethyl adjacent to an activating group) is 1. The molecule has 0 bridgehead atoms. The van der Waals surface area contributed by atoms with Crippen molar-refractivity contribution in [3.63, 3.8) is 0 Å². The third kappa shape index (κ3) is 5.01. The van der Waals surface area contributed by atoms with Crippen molar-refractivity contribution in [1.82, 2.24) is 19.7 Å². The number of hydrogen-bond acceptors (Lipinski definition) is 5. The Labute approximate surface area is 204 Å². The van der Waals surface area contributed by atoms with Gasteiger partial charge in [0.25, 0.3) is 5.91 Å². The number of aryl methyl sites for hydroxylation is 1. The van der Waals surface area contributed by atoms with E-state index >= 15 is 0 Å². The van der Waals surface area contributed by atoms with E-state index in [4.69, 9.17) is 9.72 Å². The maximum Gasteiger partial charge on any atom is 0.254 e. The Morgan fingerprint density at radius 1 is 1.11 bits per heavy atom. The number of methoxy groups -OCH3 is 1. The minimum atomic E-state index is -0.298. The highest BCUT2D eigenvalue weighted by molar-refractivity contribution is 6.08. The monoisotopic (exact) mass is 471 g/mol. The molecule has 0 aliphatic carbocycles. The van der Waals surface area contributed by atoms with Gasteiger partial charge in [-0.2, -0.15) is 5.10 Å². The summed E-state index contributed by atoms with van der Waals surface area (Å²) in [6.07, 6.45) is 1.67. The molecule has 4 aromatic rings. The largest absolute Gasteiger partial charge is 0.497 e. The molecule has 0 fully saturated rings. The van der Waals surface area contributed by atoms with Crippen molar-refractivity contribution in [2.24, 2.45) is 0 Å². The number of carbonyl (C=O) groups is 2. The highest BCUT2D eigenvalue weighted by atomic mass is 16.5. The number of carbonyl (C=O) groups excluding carboxylic acids is 2. The lowest BCUT2D eigenvalue weighted by Gasteiger charge is -2.18. The summed E-state index contributed by atoms with van der Waals surface area (Å²) >= 11 is 0. The van der Waals surface area contributed by atoms with Crippen molar-refractivity contribution in [1.29, 1.82) is 0 Å². The predicted molar refractivity (Wildman–Crippen MR) is 137 cm³/mol. The van der Waals surface area contributed by atoms with Gasteiger partial charge in [0, 0.05) is 24.3 Å². The Balaban J connectivity index is 1.64. The molecule has 2 amide bonds. The summed E-state index contributed by atoms with van der Waals surface area (Å²) in [5.41, 5.74) is 4.42. The van der Waals surface area contributed by atoms with Crippen LogP contribution in [-0.4, -0.2) is 52.2 Å². The Kier molecular flexibility index (Phi) is 6.82. The summed E-state index contributed by atoms with van der Waals surface area (Å²) in [6.45, 7) is 5.95. The first kappa shape index (κ1) is 23.9. The Morgan fingerprint density at radius 2 is 1.83 bits per heavy atom. The molecule has 2 aromatic heterocycles. The molecule has 2 heterocycles. The summed E-state index contributed by atoms with van der Waals surface area (Å²) < 4.78 is 6.95. The van der Waals surface area contributed by atoms with Gasteiger partial charge in [0.05, 0.1) is 36.5 Å². The van der Waals surface area contributed by atoms with Crippen molar-refractivity contribution >= 4 is 28.5 Å². The molecular weight excluding hydrogens is 442 g/mol. The van der Waals surface area contributed by atoms with Crippen LogP contribution in [0.25, 0.3) is 22.3 Å². The maximum atomic E-state index is 13.5. The molecule has 0 spiro atoms. The third-order valence-corrected chi connectivity index (χ3v) is 5.81. The number of pyridine rings is 1. The van der Waals surface area contributed by atoms with Gasteiger partial charge >= 0.3 is 0 Å². The number of benzene rings is 2. The molecule has 0 aliphatic rings. The zero-order valence-electron chi connectivity index (χ0n) is 20.6. The van der Waals surface area contributed by atoms with Crippen LogP contribution in [0.3, 0.4) is 0 Å². The van der Waals surface area contributed by atoms with Gasteiger partial charge in [-0.3, -0.25) is 9.59 Å². The van der Waals surface area contributed by atoms with Gasteiger partial charge in [0.2, 0.25) is 5.91 Å². The highest BCUT2D eigenvalue weighted by Crippen LogP contribution is 2.28. The van der Waals surface area contributed by atoms with E-state index in [2.05, 4.69) is 10.4 Å². The third-order valence-electron chi connectivity index (χ3n) is 5.81. The zero-order chi connectivity index (χ0) is 25.1. The molecule has 0 atom stereocenters. The minimum Gasteiger partial charge on any atom is -0.497 e. The smallest absolute Gasteiger partial charge is 0.254 e. The normalized spacial score (nSPS) is 11.0. The summed E-state index contributed by atoms with van der Waals surface area (Å²) in [4.78, 5) is 32.4. The first-order chi connectivity index (χ1) is 16.8. The van der Waals surface area contributed by atoms with Gasteiger partial charge in [-0.05, 0) is 56.7 Å². The molecule has 0 radical (unpaired) electrons. The van der Waals surface area contributed by atoms with E-state index in [0.29, 0.717) is 33.7 Å². The Bertz CT molecular complexity index is 1380. The van der Waals surface area contributed by atoms with Crippen LogP contribution in [0.1, 0.15) is 35.8 Å². The lowest BCUT2D eigenvalue weighted by molar-refractivity contribution is -0.116. The van der Waals surface area contributed by atoms with Gasteiger partial charge in [0.1, 0.15) is 5.75 Å². The van der Waals surface area contributed by atoms with Crippen LogP contribution in [-0.2, 0) is 4.79 Å². The molecule has 0 saturated carbocycles. The number of anilines is 1. The van der Waals surface area contributed by atoms with Crippen molar-refractivity contribution < 1.29 is 14.3 Å². The number of rotatable bonds is 7. The van der Waals surface area contributed by atoms with Crippen molar-refractivity contribution in [3.8, 4) is 17.0 Å². The van der Waals surface area contributed by atoms with Crippen LogP contribution >= 0.6 is 0 Å². The molecule has 8 heteroatoms. The quantitative estimate of drug-likeness (QED) is 0.422. The number of amides is 2. The molecule has 35 heavy (non-hydrogen) atoms. The van der Waals surface area contributed by atoms with Crippen LogP contribution in [0.4, 0.5) is 5.69 Å². The number of nitrogens with zero attached hydrogens (tertiary/aromatic N) is 4. The van der Waals surface area contributed by atoms with E-state index in [1.54, 1.807) is 50.7 Å². The summed E-state index contributed by atoms with van der Waals surface area (Å²) in [5, 5.41) is 7.95. The highest BCUT2D eigenvalue weighted by Gasteiger charge is 2.22. The molecule has 180 valence electrons. The van der Waals surface area contributed by atoms with Gasteiger partial charge in [-0.15, -0.1) is 0 Å². The summed E-state index contributed by atoms with van der Waals surface area (Å²) in [7, 11) is 3.20. The molecule has 2 aromatic carbocycles. The number of fused-ring (bicyclic) bond motifs is 1. The number of aromatic nitrogens is 3. The Hall–Kier alpha value is -4.20. The molecular formula is C27H29N5O3. The fourth-order valence-corrected chi connectivity index (χ4v) is 3.94. The average Bonchev–Trinajstić information content (AvgIpc) is 3.28. The molecule has 0 aliphatic heterocycles. The van der Waals surface area contributed by atoms with E-state index in [1.165, 1.54) is 4.90 Å². The van der Waals surface area contributed by atoms with Crippen LogP contribution in [0.5, 0.6) is 5.75 Å². The number of ether oxygens (including phenoxy) is 1. The number of hydrogen-bond donors (Lipinski definition) is 1. The first-order valence-electron chi connectivity index (χ1n) is 11.4. The molecule has 0 unspecified atom stereocenters. The van der Waals surface area contributed by atoms with Crippen molar-refractivity contribution in [2.45, 2.75) is 26.8 Å². The topological polar surface area (TPSA) is 89.3 Å². The Morgan fingerprint density at radius 3 is 2.49 bits per heavy atom. The van der Waals surface area contributed by atoms with E-state index in [9.17, 15) is 9.59 Å². The fraction of sp³-hybridized carbons (Fsp3) is 0.259. The fourth-order valence-electron chi connectivity index (χ4n) is 3.94. The van der Waals surface area contributed by atoms with E-state index in [1.807, 2.05) is 49.7 Å². The van der Waals surface area contributed by atoms with E-state index in [0.717, 1.165) is 11.1 Å². The molecule has 4 rings (SSSR count). The second-order valence-electron chi connectivity index (χ2n) is 8.73. The summed E-state index contributed by atoms with van der Waals surface area (Å²) in [6, 6.07) is 16.8. The predicted octanol–water partition coefficient (Wildman–Crippen LogP) is 4.71. The minimum absolute atomic E-state index is 0.0723. The van der Waals surface area contributed by atoms with Crippen LogP contribution in [0.2, 0.25) is 0 Å². The van der Waals surface area contributed by atoms with Crippen molar-refractivity contribution in [3.05, 3.63) is 71.9 Å². The van der Waals surface area contributed by atoms with E-state index in [-0.39, 0.29) is 24.4 Å². The van der Waals surface area contributed by atoms with Gasteiger partial charge in [-0.25, -0.2) is 9.67 Å². The van der Waals surface area contributed by atoms with Gasteiger partial charge < -0.3 is 15.0 Å². The number of nitrogens with one attached hydrogen (secondary N) is 1. The lowest BCUT2D eigenvalue weighted by atomic mass is 10.0. The summed E-state index contributed by atoms with van der Waals surface area (Å²) in [5.74, 6) is 0.122. The molecule has 1 N–H and O–H groups in total. The SMILES string of the molecule is COc1ccc(NC(=O)CN(C)C(=O)c2cc(-c3ccccc3C)nc3c2cnn3C(C)C)cc1. The first-order valence-corrected chi connectivity index (χ1v) is 11.4. The standard InChI is InChI=1S/C27H29N5O3/c1-17(2)32-26-23(15-28-32)22(14-24(30-26)21-9-7-6-8-18(21)3)27(34)31(4)16-25(33)29-19-10-12-20(35-5)13-11-19/h6-15,17H,16H2,1-5H3,(H,29,33). The average molecular weight is 472 g/mol. The van der Waals surface area contributed by atoms with E-state index < -0.39 is 0 Å². The molecule has 8 nitrogen and oxygen atoms in total.